The van der Waals surface area contributed by atoms with E-state index in [-0.39, 0.29) is 10.9 Å². The number of fused-ring (bicyclic) bond motifs is 1. The van der Waals surface area contributed by atoms with Gasteiger partial charge in [-0.2, -0.15) is 13.1 Å². The maximum atomic E-state index is 13.0. The molecule has 2 aromatic rings. The standard InChI is InChI=1S/C13H18N4O2S2/c1-2-4-10-9-14-7-8-17(10)21(18,19)12-6-3-5-11-13(12)16-20-15-11/h3,5-6,10,14H,2,4,7-9H2,1H3. The van der Waals surface area contributed by atoms with Crippen LogP contribution < -0.4 is 5.32 Å². The van der Waals surface area contributed by atoms with Gasteiger partial charge in [-0.25, -0.2) is 8.42 Å². The summed E-state index contributed by atoms with van der Waals surface area (Å²) in [4.78, 5) is 0.275. The smallest absolute Gasteiger partial charge is 0.245 e. The van der Waals surface area contributed by atoms with Crippen LogP contribution >= 0.6 is 11.7 Å². The second-order valence-electron chi connectivity index (χ2n) is 5.15. The van der Waals surface area contributed by atoms with E-state index in [0.717, 1.165) is 24.6 Å². The van der Waals surface area contributed by atoms with Crippen LogP contribution in [0.3, 0.4) is 0 Å². The molecule has 1 unspecified atom stereocenters. The molecule has 0 saturated carbocycles. The number of hydrogen-bond donors (Lipinski definition) is 1. The third-order valence-electron chi connectivity index (χ3n) is 3.75. The van der Waals surface area contributed by atoms with Gasteiger partial charge < -0.3 is 5.32 Å². The quantitative estimate of drug-likeness (QED) is 0.920. The highest BCUT2D eigenvalue weighted by Crippen LogP contribution is 2.27. The van der Waals surface area contributed by atoms with Crippen molar-refractivity contribution in [1.29, 1.82) is 0 Å². The molecule has 0 spiro atoms. The van der Waals surface area contributed by atoms with Gasteiger partial charge in [0.1, 0.15) is 15.9 Å². The third-order valence-corrected chi connectivity index (χ3v) is 6.28. The summed E-state index contributed by atoms with van der Waals surface area (Å²) in [6.07, 6.45) is 1.82. The molecule has 0 radical (unpaired) electrons. The molecule has 114 valence electrons. The molecule has 1 saturated heterocycles. The van der Waals surface area contributed by atoms with Crippen molar-refractivity contribution in [2.45, 2.75) is 30.7 Å². The van der Waals surface area contributed by atoms with Gasteiger partial charge in [-0.1, -0.05) is 19.4 Å². The lowest BCUT2D eigenvalue weighted by molar-refractivity contribution is 0.254. The van der Waals surface area contributed by atoms with Crippen molar-refractivity contribution in [1.82, 2.24) is 18.4 Å². The minimum atomic E-state index is -3.53. The number of nitrogens with zero attached hydrogens (tertiary/aromatic N) is 3. The number of hydrogen-bond acceptors (Lipinski definition) is 6. The van der Waals surface area contributed by atoms with Crippen molar-refractivity contribution in [2.75, 3.05) is 19.6 Å². The van der Waals surface area contributed by atoms with Crippen LogP contribution in [0.2, 0.25) is 0 Å². The molecule has 2 heterocycles. The van der Waals surface area contributed by atoms with Crippen molar-refractivity contribution in [3.63, 3.8) is 0 Å². The summed E-state index contributed by atoms with van der Waals surface area (Å²) in [6.45, 7) is 3.97. The van der Waals surface area contributed by atoms with E-state index in [4.69, 9.17) is 0 Å². The predicted octanol–water partition coefficient (Wildman–Crippen LogP) is 1.45. The molecule has 0 aliphatic carbocycles. The topological polar surface area (TPSA) is 75.2 Å². The summed E-state index contributed by atoms with van der Waals surface area (Å²) < 4.78 is 36.0. The fourth-order valence-electron chi connectivity index (χ4n) is 2.75. The molecular formula is C13H18N4O2S2. The molecule has 1 aliphatic heterocycles. The van der Waals surface area contributed by atoms with Crippen LogP contribution in [0, 0.1) is 0 Å². The maximum absolute atomic E-state index is 13.0. The van der Waals surface area contributed by atoms with Gasteiger partial charge in [0.2, 0.25) is 10.0 Å². The summed E-state index contributed by atoms with van der Waals surface area (Å²) in [7, 11) is -3.53. The number of piperazine rings is 1. The number of rotatable bonds is 4. The highest BCUT2D eigenvalue weighted by atomic mass is 32.2. The molecule has 8 heteroatoms. The maximum Gasteiger partial charge on any atom is 0.245 e. The molecule has 21 heavy (non-hydrogen) atoms. The van der Waals surface area contributed by atoms with Crippen LogP contribution in [0.15, 0.2) is 23.1 Å². The number of sulfonamides is 1. The SMILES string of the molecule is CCCC1CNCCN1S(=O)(=O)c1cccc2nsnc12. The third kappa shape index (κ3) is 2.68. The molecule has 0 amide bonds. The molecule has 6 nitrogen and oxygen atoms in total. The van der Waals surface area contributed by atoms with Gasteiger partial charge in [-0.3, -0.25) is 0 Å². The molecule has 1 atom stereocenters. The largest absolute Gasteiger partial charge is 0.314 e. The Labute approximate surface area is 128 Å². The van der Waals surface area contributed by atoms with Crippen LogP contribution in [0.5, 0.6) is 0 Å². The van der Waals surface area contributed by atoms with Crippen molar-refractivity contribution >= 4 is 32.8 Å². The van der Waals surface area contributed by atoms with Crippen molar-refractivity contribution in [3.05, 3.63) is 18.2 Å². The first kappa shape index (κ1) is 14.8. The van der Waals surface area contributed by atoms with Gasteiger partial charge in [0.05, 0.1) is 11.7 Å². The second kappa shape index (κ2) is 5.96. The highest BCUT2D eigenvalue weighted by Gasteiger charge is 2.34. The minimum absolute atomic E-state index is 0.00982. The van der Waals surface area contributed by atoms with Gasteiger partial charge in [0.15, 0.2) is 0 Å². The van der Waals surface area contributed by atoms with E-state index < -0.39 is 10.0 Å². The number of benzene rings is 1. The average Bonchev–Trinajstić information content (AvgIpc) is 2.96. The van der Waals surface area contributed by atoms with Crippen molar-refractivity contribution < 1.29 is 8.42 Å². The van der Waals surface area contributed by atoms with Crippen LogP contribution in [0.25, 0.3) is 11.0 Å². The number of aromatic nitrogens is 2. The Morgan fingerprint density at radius 2 is 2.29 bits per heavy atom. The highest BCUT2D eigenvalue weighted by molar-refractivity contribution is 7.89. The fraction of sp³-hybridized carbons (Fsp3) is 0.538. The Kier molecular flexibility index (Phi) is 4.21. The summed E-state index contributed by atoms with van der Waals surface area (Å²) in [5.74, 6) is 0. The van der Waals surface area contributed by atoms with E-state index in [2.05, 4.69) is 21.0 Å². The van der Waals surface area contributed by atoms with Gasteiger partial charge in [0.25, 0.3) is 0 Å². The normalized spacial score (nSPS) is 20.9. The van der Waals surface area contributed by atoms with Crippen LogP contribution in [-0.4, -0.2) is 47.1 Å². The van der Waals surface area contributed by atoms with Crippen LogP contribution in [-0.2, 0) is 10.0 Å². The monoisotopic (exact) mass is 326 g/mol. The van der Waals surface area contributed by atoms with E-state index in [1.54, 1.807) is 22.5 Å². The molecule has 1 aromatic carbocycles. The lowest BCUT2D eigenvalue weighted by Crippen LogP contribution is -2.53. The Morgan fingerprint density at radius 3 is 3.10 bits per heavy atom. The Morgan fingerprint density at radius 1 is 1.43 bits per heavy atom. The fourth-order valence-corrected chi connectivity index (χ4v) is 5.16. The van der Waals surface area contributed by atoms with Crippen LogP contribution in [0.4, 0.5) is 0 Å². The van der Waals surface area contributed by atoms with Crippen LogP contribution in [0.1, 0.15) is 19.8 Å². The summed E-state index contributed by atoms with van der Waals surface area (Å²) in [6, 6.07) is 5.16. The molecule has 0 bridgehead atoms. The van der Waals surface area contributed by atoms with E-state index in [1.807, 2.05) is 0 Å². The zero-order valence-electron chi connectivity index (χ0n) is 11.8. The Hall–Kier alpha value is -1.09. The second-order valence-corrected chi connectivity index (χ2v) is 7.54. The van der Waals surface area contributed by atoms with E-state index >= 15 is 0 Å². The lowest BCUT2D eigenvalue weighted by atomic mass is 10.1. The van der Waals surface area contributed by atoms with Gasteiger partial charge in [0, 0.05) is 25.7 Å². The van der Waals surface area contributed by atoms with E-state index in [9.17, 15) is 8.42 Å². The predicted molar refractivity (Wildman–Crippen MR) is 82.9 cm³/mol. The molecule has 1 fully saturated rings. The molecule has 1 N–H and O–H groups in total. The first-order valence-corrected chi connectivity index (χ1v) is 9.25. The van der Waals surface area contributed by atoms with Crippen molar-refractivity contribution in [2.24, 2.45) is 0 Å². The Balaban J connectivity index is 2.04. The molecule has 1 aliphatic rings. The molecular weight excluding hydrogens is 308 g/mol. The zero-order chi connectivity index (χ0) is 14.9. The zero-order valence-corrected chi connectivity index (χ0v) is 13.5. The summed E-state index contributed by atoms with van der Waals surface area (Å²) in [5.41, 5.74) is 1.12. The molecule has 3 rings (SSSR count). The van der Waals surface area contributed by atoms with Crippen molar-refractivity contribution in [3.8, 4) is 0 Å². The minimum Gasteiger partial charge on any atom is -0.314 e. The van der Waals surface area contributed by atoms with E-state index in [0.29, 0.717) is 30.7 Å². The summed E-state index contributed by atoms with van der Waals surface area (Å²) in [5, 5.41) is 3.27. The molecule has 1 aromatic heterocycles. The first-order valence-electron chi connectivity index (χ1n) is 7.08. The van der Waals surface area contributed by atoms with Gasteiger partial charge in [-0.15, -0.1) is 0 Å². The lowest BCUT2D eigenvalue weighted by Gasteiger charge is -2.35. The Bertz CT molecular complexity index is 727. The summed E-state index contributed by atoms with van der Waals surface area (Å²) >= 11 is 1.05. The first-order chi connectivity index (χ1) is 10.1. The van der Waals surface area contributed by atoms with Gasteiger partial charge in [-0.05, 0) is 18.6 Å². The number of nitrogens with one attached hydrogen (secondary N) is 1. The average molecular weight is 326 g/mol. The van der Waals surface area contributed by atoms with E-state index in [1.165, 1.54) is 0 Å². The van der Waals surface area contributed by atoms with Gasteiger partial charge >= 0.3 is 0 Å².